The second-order valence-corrected chi connectivity index (χ2v) is 17.6. The van der Waals surface area contributed by atoms with Crippen LogP contribution in [-0.2, 0) is 0 Å². The molecule has 13 rings (SSSR count). The van der Waals surface area contributed by atoms with Gasteiger partial charge in [-0.1, -0.05) is 129 Å². The van der Waals surface area contributed by atoms with E-state index in [9.17, 15) is 5.11 Å². The molecular weight excluding hydrogens is 821 g/mol. The molecule has 0 radical (unpaired) electrons. The number of hydrogen-bond acceptors (Lipinski definition) is 4. The molecule has 1 N–H and O–H groups in total. The van der Waals surface area contributed by atoms with E-state index in [2.05, 4.69) is 187 Å². The number of aromatic hydroxyl groups is 1. The summed E-state index contributed by atoms with van der Waals surface area (Å²) in [5.41, 5.74) is 16.6. The molecule has 5 heteroatoms. The van der Waals surface area contributed by atoms with Gasteiger partial charge in [0.25, 0.3) is 0 Å². The van der Waals surface area contributed by atoms with Gasteiger partial charge < -0.3 is 23.4 Å². The molecule has 0 saturated heterocycles. The standard InChI is InChI=1S/C43H30N2O2.C19H16O/c1-27-10-7-8-23-44(2)39-20-19-34-36-26-29(18-22-41(36)47-43(34)42(27)39)28-17-21-40(46)35(25-28)30-11-9-12-31(24-30)45-37-15-5-3-13-32(37)33-14-4-6-16-38(33)45;1-13-6-5-9-18-19(13)16-12-15(10-11-17(16)20-18)14-7-3-2-4-8-14/h3-26,46H,1H2,2H3;2-5,7-13H,6H2,1H3/b10-7-,23-8-;. The summed E-state index contributed by atoms with van der Waals surface area (Å²) in [4.78, 5) is 2.09. The van der Waals surface area contributed by atoms with Crippen LogP contribution in [0.25, 0.3) is 105 Å². The van der Waals surface area contributed by atoms with Crippen molar-refractivity contribution in [1.82, 2.24) is 4.57 Å². The number of nitrogens with zero attached hydrogens (tertiary/aromatic N) is 2. The molecule has 322 valence electrons. The van der Waals surface area contributed by atoms with Gasteiger partial charge in [0, 0.05) is 62.6 Å². The Labute approximate surface area is 388 Å². The molecule has 0 fully saturated rings. The predicted octanol–water partition coefficient (Wildman–Crippen LogP) is 16.9. The summed E-state index contributed by atoms with van der Waals surface area (Å²) >= 11 is 0. The highest BCUT2D eigenvalue weighted by Crippen LogP contribution is 2.43. The van der Waals surface area contributed by atoms with E-state index in [4.69, 9.17) is 8.83 Å². The topological polar surface area (TPSA) is 54.7 Å². The first kappa shape index (κ1) is 40.0. The van der Waals surface area contributed by atoms with E-state index in [-0.39, 0.29) is 5.75 Å². The molecule has 2 aliphatic rings. The fraction of sp³-hybridized carbons (Fsp3) is 0.0645. The maximum Gasteiger partial charge on any atom is 0.145 e. The molecule has 1 atom stereocenters. The number of allylic oxidation sites excluding steroid dienone is 5. The largest absolute Gasteiger partial charge is 0.507 e. The van der Waals surface area contributed by atoms with Crippen LogP contribution >= 0.6 is 0 Å². The molecule has 8 aromatic carbocycles. The van der Waals surface area contributed by atoms with Gasteiger partial charge in [-0.15, -0.1) is 0 Å². The zero-order chi connectivity index (χ0) is 45.2. The van der Waals surface area contributed by atoms with E-state index >= 15 is 0 Å². The maximum absolute atomic E-state index is 11.1. The van der Waals surface area contributed by atoms with Crippen LogP contribution in [0.2, 0.25) is 0 Å². The number of para-hydroxylation sites is 2. The minimum Gasteiger partial charge on any atom is -0.507 e. The summed E-state index contributed by atoms with van der Waals surface area (Å²) in [6.07, 6.45) is 13.5. The molecule has 0 saturated carbocycles. The third-order valence-electron chi connectivity index (χ3n) is 13.5. The highest BCUT2D eigenvalue weighted by Gasteiger charge is 2.22. The van der Waals surface area contributed by atoms with E-state index in [0.717, 1.165) is 95.5 Å². The van der Waals surface area contributed by atoms with Gasteiger partial charge in [0.2, 0.25) is 0 Å². The summed E-state index contributed by atoms with van der Waals surface area (Å²) in [6, 6.07) is 58.8. The fourth-order valence-electron chi connectivity index (χ4n) is 10.2. The van der Waals surface area contributed by atoms with Crippen molar-refractivity contribution >= 4 is 72.1 Å². The van der Waals surface area contributed by atoms with Crippen molar-refractivity contribution < 1.29 is 13.9 Å². The quantitative estimate of drug-likeness (QED) is 0.191. The van der Waals surface area contributed by atoms with Crippen LogP contribution in [0.1, 0.15) is 36.1 Å². The minimum absolute atomic E-state index is 0.242. The number of benzene rings is 8. The molecule has 1 aliphatic carbocycles. The lowest BCUT2D eigenvalue weighted by Gasteiger charge is -2.20. The number of rotatable bonds is 4. The Balaban J connectivity index is 0.000000194. The van der Waals surface area contributed by atoms with Crippen LogP contribution in [0.3, 0.4) is 0 Å². The van der Waals surface area contributed by atoms with Crippen LogP contribution in [0.15, 0.2) is 216 Å². The summed E-state index contributed by atoms with van der Waals surface area (Å²) in [5.74, 6) is 1.80. The monoisotopic (exact) mass is 866 g/mol. The van der Waals surface area contributed by atoms with E-state index in [1.54, 1.807) is 6.07 Å². The first-order chi connectivity index (χ1) is 32.9. The molecule has 1 unspecified atom stereocenters. The smallest absolute Gasteiger partial charge is 0.145 e. The van der Waals surface area contributed by atoms with Crippen LogP contribution < -0.4 is 4.90 Å². The first-order valence-corrected chi connectivity index (χ1v) is 22.8. The van der Waals surface area contributed by atoms with Crippen molar-refractivity contribution in [3.8, 4) is 44.8 Å². The number of anilines is 1. The number of furan rings is 2. The van der Waals surface area contributed by atoms with Crippen molar-refractivity contribution in [2.45, 2.75) is 19.3 Å². The van der Waals surface area contributed by atoms with E-state index in [1.165, 1.54) is 32.8 Å². The van der Waals surface area contributed by atoms with Gasteiger partial charge >= 0.3 is 0 Å². The molecular formula is C62H46N2O3. The number of hydrogen-bond donors (Lipinski definition) is 1. The van der Waals surface area contributed by atoms with Crippen molar-refractivity contribution in [2.75, 3.05) is 11.9 Å². The number of phenolic OH excluding ortho intramolecular Hbond substituents is 1. The molecule has 0 bridgehead atoms. The number of aromatic nitrogens is 1. The molecule has 3 aromatic heterocycles. The van der Waals surface area contributed by atoms with Gasteiger partial charge in [0.1, 0.15) is 28.3 Å². The second kappa shape index (κ2) is 16.2. The Kier molecular flexibility index (Phi) is 9.65. The van der Waals surface area contributed by atoms with E-state index in [1.807, 2.05) is 43.6 Å². The van der Waals surface area contributed by atoms with Crippen LogP contribution in [0, 0.1) is 0 Å². The van der Waals surface area contributed by atoms with Crippen LogP contribution in [0.4, 0.5) is 5.69 Å². The Morgan fingerprint density at radius 1 is 0.567 bits per heavy atom. The Morgan fingerprint density at radius 3 is 2.03 bits per heavy atom. The molecule has 0 spiro atoms. The molecule has 1 aliphatic heterocycles. The highest BCUT2D eigenvalue weighted by atomic mass is 16.3. The van der Waals surface area contributed by atoms with Crippen LogP contribution in [-0.4, -0.2) is 16.7 Å². The van der Waals surface area contributed by atoms with Crippen molar-refractivity contribution in [1.29, 1.82) is 0 Å². The maximum atomic E-state index is 11.1. The normalized spacial score (nSPS) is 15.3. The Morgan fingerprint density at radius 2 is 1.24 bits per heavy atom. The summed E-state index contributed by atoms with van der Waals surface area (Å²) in [5, 5.41) is 16.9. The molecule has 11 aromatic rings. The highest BCUT2D eigenvalue weighted by molar-refractivity contribution is 6.12. The van der Waals surface area contributed by atoms with Crippen molar-refractivity contribution in [2.24, 2.45) is 0 Å². The average molecular weight is 867 g/mol. The number of fused-ring (bicyclic) bond motifs is 11. The molecule has 5 nitrogen and oxygen atoms in total. The summed E-state index contributed by atoms with van der Waals surface area (Å²) in [6.45, 7) is 6.61. The molecule has 0 amide bonds. The zero-order valence-electron chi connectivity index (χ0n) is 37.3. The third-order valence-corrected chi connectivity index (χ3v) is 13.5. The Bertz CT molecular complexity index is 3800. The lowest BCUT2D eigenvalue weighted by molar-refractivity contribution is 0.477. The second-order valence-electron chi connectivity index (χ2n) is 17.6. The van der Waals surface area contributed by atoms with Gasteiger partial charge in [-0.3, -0.25) is 0 Å². The lowest BCUT2D eigenvalue weighted by Crippen LogP contribution is -2.10. The number of phenols is 1. The van der Waals surface area contributed by atoms with Gasteiger partial charge in [-0.05, 0) is 131 Å². The van der Waals surface area contributed by atoms with Crippen molar-refractivity contribution in [3.63, 3.8) is 0 Å². The fourth-order valence-corrected chi connectivity index (χ4v) is 10.2. The summed E-state index contributed by atoms with van der Waals surface area (Å²) < 4.78 is 14.8. The van der Waals surface area contributed by atoms with Gasteiger partial charge in [0.15, 0.2) is 0 Å². The molecule has 67 heavy (non-hydrogen) atoms. The minimum atomic E-state index is 0.242. The van der Waals surface area contributed by atoms with Gasteiger partial charge in [-0.25, -0.2) is 0 Å². The Hall–Kier alpha value is -8.54. The summed E-state index contributed by atoms with van der Waals surface area (Å²) in [7, 11) is 2.04. The lowest BCUT2D eigenvalue weighted by atomic mass is 9.90. The SMILES string of the molecule is C=C1/C=C\C=C/N(C)c2ccc3c(oc4ccc(-c5ccc(O)c(-c6cccc(-n7c8ccccc8c8ccccc87)c6)c5)cc43)c21.CC1CC=Cc2oc3ccc(-c4ccccc4)cc3c21. The predicted molar refractivity (Wildman–Crippen MR) is 280 cm³/mol. The average Bonchev–Trinajstić information content (AvgIpc) is 4.05. The van der Waals surface area contributed by atoms with Gasteiger partial charge in [-0.2, -0.15) is 0 Å². The van der Waals surface area contributed by atoms with Gasteiger partial charge in [0.05, 0.1) is 16.7 Å². The first-order valence-electron chi connectivity index (χ1n) is 22.8. The van der Waals surface area contributed by atoms with E-state index in [0.29, 0.717) is 5.92 Å². The third kappa shape index (κ3) is 6.86. The zero-order valence-corrected chi connectivity index (χ0v) is 37.3. The molecule has 4 heterocycles. The van der Waals surface area contributed by atoms with Crippen molar-refractivity contribution in [3.05, 3.63) is 224 Å². The van der Waals surface area contributed by atoms with E-state index < -0.39 is 0 Å². The van der Waals surface area contributed by atoms with Crippen LogP contribution in [0.5, 0.6) is 5.75 Å².